The van der Waals surface area contributed by atoms with Crippen molar-refractivity contribution in [2.75, 3.05) is 36.4 Å². The fourth-order valence-corrected chi connectivity index (χ4v) is 2.58. The van der Waals surface area contributed by atoms with E-state index in [1.54, 1.807) is 4.90 Å². The number of halogens is 1. The van der Waals surface area contributed by atoms with Crippen molar-refractivity contribution in [1.82, 2.24) is 10.6 Å². The summed E-state index contributed by atoms with van der Waals surface area (Å²) in [5.41, 5.74) is 1.61. The maximum absolute atomic E-state index is 12.1. The van der Waals surface area contributed by atoms with Gasteiger partial charge in [0.2, 0.25) is 5.91 Å². The Labute approximate surface area is 136 Å². The zero-order valence-electron chi connectivity index (χ0n) is 12.5. The van der Waals surface area contributed by atoms with E-state index >= 15 is 0 Å². The molecule has 7 heteroatoms. The van der Waals surface area contributed by atoms with Crippen molar-refractivity contribution >= 4 is 35.7 Å². The summed E-state index contributed by atoms with van der Waals surface area (Å²) in [4.78, 5) is 25.4. The van der Waals surface area contributed by atoms with Gasteiger partial charge in [-0.1, -0.05) is 6.92 Å². The van der Waals surface area contributed by atoms with Crippen molar-refractivity contribution in [2.45, 2.75) is 6.92 Å². The first-order valence-corrected chi connectivity index (χ1v) is 7.32. The Kier molecular flexibility index (Phi) is 5.26. The Morgan fingerprint density at radius 2 is 2.00 bits per heavy atom. The van der Waals surface area contributed by atoms with Crippen LogP contribution in [0.2, 0.25) is 0 Å². The van der Waals surface area contributed by atoms with Crippen LogP contribution in [0.1, 0.15) is 6.92 Å². The van der Waals surface area contributed by atoms with Gasteiger partial charge in [-0.15, -0.1) is 12.4 Å². The Bertz CT molecular complexity index is 545. The summed E-state index contributed by atoms with van der Waals surface area (Å²) in [6.45, 7) is 5.14. The first-order valence-electron chi connectivity index (χ1n) is 7.32. The SMILES string of the molecule is CC(C(=O)Nc1ccc(N2CCNC2=O)cc1)C1CNC1.Cl. The highest BCUT2D eigenvalue weighted by atomic mass is 35.5. The molecule has 2 aliphatic heterocycles. The molecule has 3 N–H and O–H groups in total. The van der Waals surface area contributed by atoms with Crippen LogP contribution in [-0.4, -0.2) is 38.1 Å². The maximum atomic E-state index is 12.1. The van der Waals surface area contributed by atoms with Crippen molar-refractivity contribution in [2.24, 2.45) is 11.8 Å². The van der Waals surface area contributed by atoms with Crippen LogP contribution in [0.5, 0.6) is 0 Å². The fraction of sp³-hybridized carbons (Fsp3) is 0.467. The molecule has 0 aliphatic carbocycles. The van der Waals surface area contributed by atoms with Crippen LogP contribution in [0.4, 0.5) is 16.2 Å². The third-order valence-corrected chi connectivity index (χ3v) is 4.24. The topological polar surface area (TPSA) is 73.5 Å². The molecule has 6 nitrogen and oxygen atoms in total. The molecule has 3 rings (SSSR count). The van der Waals surface area contributed by atoms with Crippen LogP contribution in [0.25, 0.3) is 0 Å². The quantitative estimate of drug-likeness (QED) is 0.784. The number of rotatable bonds is 4. The molecule has 0 aromatic heterocycles. The number of hydrogen-bond acceptors (Lipinski definition) is 3. The summed E-state index contributed by atoms with van der Waals surface area (Å²) in [5, 5.41) is 8.88. The number of hydrogen-bond donors (Lipinski definition) is 3. The predicted molar refractivity (Wildman–Crippen MR) is 88.6 cm³/mol. The summed E-state index contributed by atoms with van der Waals surface area (Å²) in [6.07, 6.45) is 0. The van der Waals surface area contributed by atoms with Crippen LogP contribution in [0.15, 0.2) is 24.3 Å². The minimum Gasteiger partial charge on any atom is -0.336 e. The first kappa shape index (κ1) is 16.6. The van der Waals surface area contributed by atoms with E-state index in [9.17, 15) is 9.59 Å². The van der Waals surface area contributed by atoms with Gasteiger partial charge >= 0.3 is 6.03 Å². The van der Waals surface area contributed by atoms with E-state index in [0.717, 1.165) is 24.5 Å². The number of carbonyl (C=O) groups is 2. The number of urea groups is 1. The Balaban J connectivity index is 0.00000176. The van der Waals surface area contributed by atoms with Gasteiger partial charge in [-0.2, -0.15) is 0 Å². The Hall–Kier alpha value is -1.79. The minimum absolute atomic E-state index is 0. The molecule has 120 valence electrons. The molecule has 1 unspecified atom stereocenters. The standard InChI is InChI=1S/C15H20N4O2.ClH/c1-10(11-8-16-9-11)14(20)18-12-2-4-13(5-3-12)19-7-6-17-15(19)21;/h2-5,10-11,16H,6-9H2,1H3,(H,17,21)(H,18,20);1H. The van der Waals surface area contributed by atoms with Gasteiger partial charge in [0, 0.05) is 30.4 Å². The second-order valence-electron chi connectivity index (χ2n) is 5.63. The van der Waals surface area contributed by atoms with Gasteiger partial charge in [0.15, 0.2) is 0 Å². The van der Waals surface area contributed by atoms with E-state index < -0.39 is 0 Å². The molecule has 1 atom stereocenters. The minimum atomic E-state index is -0.0714. The fourth-order valence-electron chi connectivity index (χ4n) is 2.58. The van der Waals surface area contributed by atoms with E-state index in [1.165, 1.54) is 0 Å². The number of benzene rings is 1. The van der Waals surface area contributed by atoms with Gasteiger partial charge < -0.3 is 16.0 Å². The molecule has 2 aliphatic rings. The van der Waals surface area contributed by atoms with E-state index in [0.29, 0.717) is 19.0 Å². The van der Waals surface area contributed by atoms with Gasteiger partial charge in [-0.25, -0.2) is 4.79 Å². The van der Waals surface area contributed by atoms with E-state index in [-0.39, 0.29) is 30.3 Å². The second-order valence-corrected chi connectivity index (χ2v) is 5.63. The lowest BCUT2D eigenvalue weighted by Crippen LogP contribution is -2.48. The highest BCUT2D eigenvalue weighted by molar-refractivity contribution is 5.95. The summed E-state index contributed by atoms with van der Waals surface area (Å²) in [6, 6.07) is 7.32. The van der Waals surface area contributed by atoms with Crippen LogP contribution >= 0.6 is 12.4 Å². The van der Waals surface area contributed by atoms with Gasteiger partial charge in [0.25, 0.3) is 0 Å². The van der Waals surface area contributed by atoms with Crippen molar-refractivity contribution < 1.29 is 9.59 Å². The number of amides is 3. The van der Waals surface area contributed by atoms with Crippen molar-refractivity contribution in [3.8, 4) is 0 Å². The molecular formula is C15H21ClN4O2. The van der Waals surface area contributed by atoms with Gasteiger partial charge in [0.1, 0.15) is 0 Å². The smallest absolute Gasteiger partial charge is 0.321 e. The van der Waals surface area contributed by atoms with Crippen LogP contribution < -0.4 is 20.9 Å². The Morgan fingerprint density at radius 3 is 2.50 bits per heavy atom. The first-order chi connectivity index (χ1) is 10.1. The van der Waals surface area contributed by atoms with Gasteiger partial charge in [0.05, 0.1) is 0 Å². The largest absolute Gasteiger partial charge is 0.336 e. The summed E-state index contributed by atoms with van der Waals surface area (Å²) in [7, 11) is 0. The van der Waals surface area contributed by atoms with E-state index in [2.05, 4.69) is 16.0 Å². The maximum Gasteiger partial charge on any atom is 0.321 e. The molecule has 2 fully saturated rings. The van der Waals surface area contributed by atoms with Crippen LogP contribution in [0, 0.1) is 11.8 Å². The van der Waals surface area contributed by atoms with E-state index in [4.69, 9.17) is 0 Å². The van der Waals surface area contributed by atoms with Gasteiger partial charge in [-0.05, 0) is 43.3 Å². The normalized spacial score (nSPS) is 19.0. The molecule has 3 amide bonds. The van der Waals surface area contributed by atoms with E-state index in [1.807, 2.05) is 31.2 Å². The lowest BCUT2D eigenvalue weighted by Gasteiger charge is -2.31. The number of carbonyl (C=O) groups excluding carboxylic acids is 2. The van der Waals surface area contributed by atoms with Crippen molar-refractivity contribution in [1.29, 1.82) is 0 Å². The van der Waals surface area contributed by atoms with Crippen molar-refractivity contribution in [3.05, 3.63) is 24.3 Å². The summed E-state index contributed by atoms with van der Waals surface area (Å²) >= 11 is 0. The predicted octanol–water partition coefficient (Wildman–Crippen LogP) is 1.43. The molecule has 1 aromatic rings. The lowest BCUT2D eigenvalue weighted by molar-refractivity contribution is -0.121. The van der Waals surface area contributed by atoms with Crippen LogP contribution in [-0.2, 0) is 4.79 Å². The Morgan fingerprint density at radius 1 is 1.32 bits per heavy atom. The molecule has 2 heterocycles. The zero-order valence-corrected chi connectivity index (χ0v) is 13.3. The molecule has 1 aromatic carbocycles. The summed E-state index contributed by atoms with van der Waals surface area (Å²) in [5.74, 6) is 0.487. The molecule has 0 saturated carbocycles. The number of nitrogens with one attached hydrogen (secondary N) is 3. The van der Waals surface area contributed by atoms with Crippen LogP contribution in [0.3, 0.4) is 0 Å². The van der Waals surface area contributed by atoms with Crippen molar-refractivity contribution in [3.63, 3.8) is 0 Å². The molecular weight excluding hydrogens is 304 g/mol. The summed E-state index contributed by atoms with van der Waals surface area (Å²) < 4.78 is 0. The highest BCUT2D eigenvalue weighted by Crippen LogP contribution is 2.21. The second kappa shape index (κ2) is 6.98. The highest BCUT2D eigenvalue weighted by Gasteiger charge is 2.28. The average molecular weight is 325 g/mol. The molecule has 2 saturated heterocycles. The molecule has 0 bridgehead atoms. The molecule has 22 heavy (non-hydrogen) atoms. The van der Waals surface area contributed by atoms with Gasteiger partial charge in [-0.3, -0.25) is 9.69 Å². The molecule has 0 radical (unpaired) electrons. The zero-order chi connectivity index (χ0) is 14.8. The number of nitrogens with zero attached hydrogens (tertiary/aromatic N) is 1. The molecule has 0 spiro atoms. The lowest BCUT2D eigenvalue weighted by atomic mass is 9.88. The number of anilines is 2. The third kappa shape index (κ3) is 3.34. The third-order valence-electron chi connectivity index (χ3n) is 4.24. The average Bonchev–Trinajstić information content (AvgIpc) is 2.84. The monoisotopic (exact) mass is 324 g/mol.